The highest BCUT2D eigenvalue weighted by Crippen LogP contribution is 2.29. The molecule has 1 aliphatic carbocycles. The topological polar surface area (TPSA) is 51.4 Å². The van der Waals surface area contributed by atoms with Crippen molar-refractivity contribution < 1.29 is 4.74 Å². The van der Waals surface area contributed by atoms with Crippen molar-refractivity contribution in [3.8, 4) is 5.75 Å². The van der Waals surface area contributed by atoms with Crippen molar-refractivity contribution in [2.75, 3.05) is 18.0 Å². The van der Waals surface area contributed by atoms with Gasteiger partial charge in [0, 0.05) is 25.2 Å². The predicted octanol–water partition coefficient (Wildman–Crippen LogP) is 2.97. The molecule has 1 aromatic rings. The monoisotopic (exact) mass is 289 g/mol. The zero-order valence-electron chi connectivity index (χ0n) is 13.0. The number of ether oxygens (including phenoxy) is 1. The van der Waals surface area contributed by atoms with E-state index in [0.717, 1.165) is 43.3 Å². The Hall–Kier alpha value is -1.29. The molecule has 21 heavy (non-hydrogen) atoms. The molecule has 1 aliphatic heterocycles. The molecule has 1 saturated heterocycles. The highest BCUT2D eigenvalue weighted by molar-refractivity contribution is 5.48. The van der Waals surface area contributed by atoms with Gasteiger partial charge in [-0.1, -0.05) is 13.3 Å². The first-order valence-corrected chi connectivity index (χ1v) is 8.33. The highest BCUT2D eigenvalue weighted by Gasteiger charge is 2.21. The number of nitrogens with two attached hydrogens (primary N) is 1. The summed E-state index contributed by atoms with van der Waals surface area (Å²) in [6, 6.07) is 2.41. The lowest BCUT2D eigenvalue weighted by Gasteiger charge is -2.33. The molecule has 0 aromatic carbocycles. The van der Waals surface area contributed by atoms with Crippen LogP contribution in [0.4, 0.5) is 5.69 Å². The van der Waals surface area contributed by atoms with E-state index in [9.17, 15) is 0 Å². The summed E-state index contributed by atoms with van der Waals surface area (Å²) in [7, 11) is 0. The van der Waals surface area contributed by atoms with Crippen LogP contribution >= 0.6 is 0 Å². The molecule has 0 radical (unpaired) electrons. The van der Waals surface area contributed by atoms with Crippen LogP contribution in [0, 0.1) is 5.92 Å². The fourth-order valence-corrected chi connectivity index (χ4v) is 3.57. The van der Waals surface area contributed by atoms with Crippen molar-refractivity contribution in [2.24, 2.45) is 11.7 Å². The normalized spacial score (nSPS) is 30.2. The number of nitrogens with zero attached hydrogens (tertiary/aromatic N) is 2. The molecule has 4 nitrogen and oxygen atoms in total. The second kappa shape index (κ2) is 6.65. The number of pyridine rings is 1. The molecule has 3 unspecified atom stereocenters. The molecule has 2 N–H and O–H groups in total. The summed E-state index contributed by atoms with van der Waals surface area (Å²) in [6.07, 6.45) is 11.4. The smallest absolute Gasteiger partial charge is 0.140 e. The number of hydrogen-bond acceptors (Lipinski definition) is 4. The van der Waals surface area contributed by atoms with Crippen LogP contribution in [0.1, 0.15) is 45.4 Å². The molecule has 0 spiro atoms. The lowest BCUT2D eigenvalue weighted by Crippen LogP contribution is -2.42. The first kappa shape index (κ1) is 14.6. The maximum atomic E-state index is 6.16. The summed E-state index contributed by atoms with van der Waals surface area (Å²) in [5.74, 6) is 1.69. The molecular formula is C17H27N3O. The van der Waals surface area contributed by atoms with E-state index in [0.29, 0.717) is 6.10 Å². The Labute approximate surface area is 127 Å². The van der Waals surface area contributed by atoms with Crippen molar-refractivity contribution in [1.82, 2.24) is 4.98 Å². The second-order valence-corrected chi connectivity index (χ2v) is 6.74. The molecule has 2 aliphatic rings. The van der Waals surface area contributed by atoms with E-state index in [4.69, 9.17) is 10.5 Å². The van der Waals surface area contributed by atoms with Crippen LogP contribution in [0.2, 0.25) is 0 Å². The largest absolute Gasteiger partial charge is 0.489 e. The van der Waals surface area contributed by atoms with Crippen molar-refractivity contribution >= 4 is 5.69 Å². The summed E-state index contributed by atoms with van der Waals surface area (Å²) in [6.45, 7) is 4.31. The van der Waals surface area contributed by atoms with Crippen LogP contribution in [0.25, 0.3) is 0 Å². The lowest BCUT2D eigenvalue weighted by molar-refractivity contribution is 0.129. The number of piperidine rings is 1. The Morgan fingerprint density at radius 1 is 1.24 bits per heavy atom. The van der Waals surface area contributed by atoms with Crippen molar-refractivity contribution in [2.45, 2.75) is 57.6 Å². The van der Waals surface area contributed by atoms with Gasteiger partial charge in [-0.15, -0.1) is 0 Å². The summed E-state index contributed by atoms with van der Waals surface area (Å²) in [4.78, 5) is 6.69. The Morgan fingerprint density at radius 2 is 2.14 bits per heavy atom. The molecule has 3 rings (SSSR count). The summed E-state index contributed by atoms with van der Waals surface area (Å²) in [5, 5.41) is 0. The van der Waals surface area contributed by atoms with Crippen molar-refractivity contribution in [3.63, 3.8) is 0 Å². The van der Waals surface area contributed by atoms with Gasteiger partial charge in [0.15, 0.2) is 0 Å². The maximum Gasteiger partial charge on any atom is 0.140 e. The first-order valence-electron chi connectivity index (χ1n) is 8.33. The predicted molar refractivity (Wildman–Crippen MR) is 85.7 cm³/mol. The molecule has 2 fully saturated rings. The fourth-order valence-electron chi connectivity index (χ4n) is 3.57. The number of rotatable bonds is 3. The Kier molecular flexibility index (Phi) is 4.63. The molecule has 4 heteroatoms. The minimum atomic E-state index is 0.280. The Balaban J connectivity index is 1.65. The molecular weight excluding hydrogens is 262 g/mol. The highest BCUT2D eigenvalue weighted by atomic mass is 16.5. The third-order valence-corrected chi connectivity index (χ3v) is 4.71. The molecule has 2 heterocycles. The van der Waals surface area contributed by atoms with Gasteiger partial charge in [-0.2, -0.15) is 0 Å². The van der Waals surface area contributed by atoms with Gasteiger partial charge in [0.2, 0.25) is 0 Å². The van der Waals surface area contributed by atoms with E-state index in [-0.39, 0.29) is 6.04 Å². The van der Waals surface area contributed by atoms with Gasteiger partial charge in [0.1, 0.15) is 5.75 Å². The van der Waals surface area contributed by atoms with Gasteiger partial charge in [-0.25, -0.2) is 0 Å². The third-order valence-electron chi connectivity index (χ3n) is 4.71. The molecule has 1 saturated carbocycles. The molecule has 1 aromatic heterocycles. The Morgan fingerprint density at radius 3 is 2.95 bits per heavy atom. The number of hydrogen-bond donors (Lipinski definition) is 1. The van der Waals surface area contributed by atoms with E-state index in [1.807, 2.05) is 12.4 Å². The summed E-state index contributed by atoms with van der Waals surface area (Å²) >= 11 is 0. The fraction of sp³-hybridized carbons (Fsp3) is 0.706. The summed E-state index contributed by atoms with van der Waals surface area (Å²) in [5.41, 5.74) is 7.22. The molecule has 3 atom stereocenters. The van der Waals surface area contributed by atoms with Crippen LogP contribution in [0.5, 0.6) is 5.75 Å². The SMILES string of the molecule is CC1CCCC(Oc2cncc(N3CCCC(N)C3)c2)C1. The van der Waals surface area contributed by atoms with E-state index in [1.165, 1.54) is 25.7 Å². The van der Waals surface area contributed by atoms with Gasteiger partial charge in [0.25, 0.3) is 0 Å². The second-order valence-electron chi connectivity index (χ2n) is 6.74. The van der Waals surface area contributed by atoms with Gasteiger partial charge < -0.3 is 15.4 Å². The summed E-state index contributed by atoms with van der Waals surface area (Å²) < 4.78 is 6.16. The standard InChI is InChI=1S/C17H27N3O/c1-13-4-2-6-16(8-13)21-17-9-15(10-19-11-17)20-7-3-5-14(18)12-20/h9-11,13-14,16H,2-8,12,18H2,1H3. The zero-order chi connectivity index (χ0) is 14.7. The average Bonchev–Trinajstić information content (AvgIpc) is 2.47. The number of anilines is 1. The van der Waals surface area contributed by atoms with Gasteiger partial charge in [0.05, 0.1) is 24.2 Å². The van der Waals surface area contributed by atoms with Crippen molar-refractivity contribution in [3.05, 3.63) is 18.5 Å². The number of aromatic nitrogens is 1. The van der Waals surface area contributed by atoms with E-state index in [1.54, 1.807) is 0 Å². The van der Waals surface area contributed by atoms with Crippen LogP contribution < -0.4 is 15.4 Å². The molecule has 0 bridgehead atoms. The Bertz CT molecular complexity index is 465. The van der Waals surface area contributed by atoms with Crippen LogP contribution in [-0.4, -0.2) is 30.2 Å². The quantitative estimate of drug-likeness (QED) is 0.929. The van der Waals surface area contributed by atoms with Gasteiger partial charge >= 0.3 is 0 Å². The minimum absolute atomic E-state index is 0.280. The van der Waals surface area contributed by atoms with Gasteiger partial charge in [-0.3, -0.25) is 4.98 Å². The van der Waals surface area contributed by atoms with Crippen LogP contribution in [0.3, 0.4) is 0 Å². The van der Waals surface area contributed by atoms with Crippen molar-refractivity contribution in [1.29, 1.82) is 0 Å². The van der Waals surface area contributed by atoms with Crippen LogP contribution in [-0.2, 0) is 0 Å². The van der Waals surface area contributed by atoms with E-state index >= 15 is 0 Å². The first-order chi connectivity index (χ1) is 10.2. The van der Waals surface area contributed by atoms with E-state index in [2.05, 4.69) is 22.9 Å². The van der Waals surface area contributed by atoms with Gasteiger partial charge in [-0.05, 0) is 38.0 Å². The minimum Gasteiger partial charge on any atom is -0.489 e. The third kappa shape index (κ3) is 3.88. The molecule has 0 amide bonds. The maximum absolute atomic E-state index is 6.16. The van der Waals surface area contributed by atoms with E-state index < -0.39 is 0 Å². The average molecular weight is 289 g/mol. The zero-order valence-corrected chi connectivity index (χ0v) is 13.0. The van der Waals surface area contributed by atoms with Crippen LogP contribution in [0.15, 0.2) is 18.5 Å². The lowest BCUT2D eigenvalue weighted by atomic mass is 9.89. The molecule has 116 valence electrons.